The first-order chi connectivity index (χ1) is 9.65. The molecule has 2 bridgehead atoms. The van der Waals surface area contributed by atoms with Crippen LogP contribution < -0.4 is 0 Å². The Labute approximate surface area is 129 Å². The van der Waals surface area contributed by atoms with Gasteiger partial charge in [0.25, 0.3) is 0 Å². The van der Waals surface area contributed by atoms with Crippen molar-refractivity contribution in [2.24, 2.45) is 0 Å². The zero-order valence-corrected chi connectivity index (χ0v) is 13.6. The molecule has 0 spiro atoms. The summed E-state index contributed by atoms with van der Waals surface area (Å²) >= 11 is 3.73. The van der Waals surface area contributed by atoms with Crippen molar-refractivity contribution < 1.29 is 4.79 Å². The predicted octanol–water partition coefficient (Wildman–Crippen LogP) is 3.84. The number of benzene rings is 1. The summed E-state index contributed by atoms with van der Waals surface area (Å²) in [6.45, 7) is 2.12. The van der Waals surface area contributed by atoms with E-state index in [2.05, 4.69) is 52.0 Å². The minimum atomic E-state index is 0.361. The summed E-state index contributed by atoms with van der Waals surface area (Å²) in [5.74, 6) is 0.361. The van der Waals surface area contributed by atoms with Gasteiger partial charge in [0.05, 0.1) is 0 Å². The van der Waals surface area contributed by atoms with Crippen molar-refractivity contribution >= 4 is 21.8 Å². The fourth-order valence-electron chi connectivity index (χ4n) is 3.78. The summed E-state index contributed by atoms with van der Waals surface area (Å²) in [5.41, 5.74) is 2.60. The molecule has 3 heteroatoms. The fourth-order valence-corrected chi connectivity index (χ4v) is 4.64. The molecule has 1 aromatic rings. The highest BCUT2D eigenvalue weighted by Crippen LogP contribution is 2.38. The smallest absolute Gasteiger partial charge is 0.223 e. The Morgan fingerprint density at radius 1 is 1.25 bits per heavy atom. The van der Waals surface area contributed by atoms with Crippen LogP contribution in [0.25, 0.3) is 0 Å². The fraction of sp³-hybridized carbons (Fsp3) is 0.588. The third-order valence-corrected chi connectivity index (χ3v) is 5.58. The number of hydrogen-bond donors (Lipinski definition) is 0. The predicted molar refractivity (Wildman–Crippen MR) is 85.1 cm³/mol. The number of halogens is 1. The van der Waals surface area contributed by atoms with E-state index >= 15 is 0 Å². The number of aryl methyl sites for hydroxylation is 2. The van der Waals surface area contributed by atoms with Crippen molar-refractivity contribution in [3.05, 3.63) is 35.4 Å². The van der Waals surface area contributed by atoms with Crippen molar-refractivity contribution in [2.45, 2.75) is 62.4 Å². The lowest BCUT2D eigenvalue weighted by atomic mass is 10.00. The van der Waals surface area contributed by atoms with E-state index in [-0.39, 0.29) is 0 Å². The molecule has 1 aromatic carbocycles. The molecule has 108 valence electrons. The van der Waals surface area contributed by atoms with Gasteiger partial charge in [-0.2, -0.15) is 0 Å². The summed E-state index contributed by atoms with van der Waals surface area (Å²) in [6.07, 6.45) is 6.19. The van der Waals surface area contributed by atoms with Gasteiger partial charge < -0.3 is 4.90 Å². The minimum Gasteiger partial charge on any atom is -0.337 e. The summed E-state index contributed by atoms with van der Waals surface area (Å²) in [4.78, 5) is 15.4. The van der Waals surface area contributed by atoms with E-state index in [1.807, 2.05) is 0 Å². The lowest BCUT2D eigenvalue weighted by Gasteiger charge is -2.37. The monoisotopic (exact) mass is 335 g/mol. The first-order valence-corrected chi connectivity index (χ1v) is 8.56. The Morgan fingerprint density at radius 2 is 1.90 bits per heavy atom. The van der Waals surface area contributed by atoms with Gasteiger partial charge in [0.2, 0.25) is 5.91 Å². The zero-order valence-electron chi connectivity index (χ0n) is 12.0. The van der Waals surface area contributed by atoms with Crippen LogP contribution in [0.5, 0.6) is 0 Å². The van der Waals surface area contributed by atoms with Crippen LogP contribution >= 0.6 is 15.9 Å². The van der Waals surface area contributed by atoms with Gasteiger partial charge in [-0.3, -0.25) is 4.79 Å². The minimum absolute atomic E-state index is 0.361. The SMILES string of the molecule is Cc1ccccc1CCC(=O)N1C2CCC1CC(Br)C2. The van der Waals surface area contributed by atoms with E-state index in [1.54, 1.807) is 0 Å². The second kappa shape index (κ2) is 5.88. The first-order valence-electron chi connectivity index (χ1n) is 7.65. The number of carbonyl (C=O) groups excluding carboxylic acids is 1. The van der Waals surface area contributed by atoms with Gasteiger partial charge in [0.1, 0.15) is 0 Å². The molecule has 2 heterocycles. The topological polar surface area (TPSA) is 20.3 Å². The lowest BCUT2D eigenvalue weighted by molar-refractivity contribution is -0.135. The number of rotatable bonds is 3. The molecule has 0 N–H and O–H groups in total. The highest BCUT2D eigenvalue weighted by molar-refractivity contribution is 9.09. The molecule has 2 fully saturated rings. The second-order valence-electron chi connectivity index (χ2n) is 6.18. The van der Waals surface area contributed by atoms with Crippen LogP contribution in [0.15, 0.2) is 24.3 Å². The zero-order chi connectivity index (χ0) is 14.1. The van der Waals surface area contributed by atoms with Crippen LogP contribution in [0.4, 0.5) is 0 Å². The van der Waals surface area contributed by atoms with Gasteiger partial charge >= 0.3 is 0 Å². The van der Waals surface area contributed by atoms with Crippen LogP contribution in [-0.4, -0.2) is 27.7 Å². The third-order valence-electron chi connectivity index (χ3n) is 4.83. The van der Waals surface area contributed by atoms with Gasteiger partial charge in [-0.1, -0.05) is 40.2 Å². The van der Waals surface area contributed by atoms with E-state index in [0.29, 0.717) is 29.2 Å². The highest BCUT2D eigenvalue weighted by atomic mass is 79.9. The van der Waals surface area contributed by atoms with Crippen LogP contribution in [-0.2, 0) is 11.2 Å². The van der Waals surface area contributed by atoms with E-state index < -0.39 is 0 Å². The van der Waals surface area contributed by atoms with Gasteiger partial charge in [-0.05, 0) is 50.2 Å². The van der Waals surface area contributed by atoms with Crippen LogP contribution in [0.1, 0.15) is 43.2 Å². The Bertz CT molecular complexity index is 488. The quantitative estimate of drug-likeness (QED) is 0.768. The second-order valence-corrected chi connectivity index (χ2v) is 7.48. The molecule has 2 atom stereocenters. The molecule has 20 heavy (non-hydrogen) atoms. The number of fused-ring (bicyclic) bond motifs is 2. The molecule has 0 aliphatic carbocycles. The summed E-state index contributed by atoms with van der Waals surface area (Å²) in [7, 11) is 0. The van der Waals surface area contributed by atoms with E-state index in [9.17, 15) is 4.79 Å². The maximum absolute atomic E-state index is 12.6. The van der Waals surface area contributed by atoms with Gasteiger partial charge in [0, 0.05) is 23.3 Å². The molecule has 1 amide bonds. The summed E-state index contributed by atoms with van der Waals surface area (Å²) < 4.78 is 0. The number of piperidine rings is 1. The van der Waals surface area contributed by atoms with E-state index in [1.165, 1.54) is 24.0 Å². The number of nitrogens with zero attached hydrogens (tertiary/aromatic N) is 1. The number of hydrogen-bond acceptors (Lipinski definition) is 1. The molecule has 3 rings (SSSR count). The molecule has 0 saturated carbocycles. The Hall–Kier alpha value is -0.830. The standard InChI is InChI=1S/C17H22BrNO/c1-12-4-2-3-5-13(12)6-9-17(20)19-15-7-8-16(19)11-14(18)10-15/h2-5,14-16H,6-11H2,1H3. The van der Waals surface area contributed by atoms with Crippen molar-refractivity contribution in [1.82, 2.24) is 4.90 Å². The number of carbonyl (C=O) groups is 1. The van der Waals surface area contributed by atoms with Crippen LogP contribution in [0.2, 0.25) is 0 Å². The van der Waals surface area contributed by atoms with Crippen molar-refractivity contribution in [1.29, 1.82) is 0 Å². The number of alkyl halides is 1. The van der Waals surface area contributed by atoms with E-state index in [4.69, 9.17) is 0 Å². The summed E-state index contributed by atoms with van der Waals surface area (Å²) in [5, 5.41) is 0. The molecular weight excluding hydrogens is 314 g/mol. The van der Waals surface area contributed by atoms with Gasteiger partial charge in [-0.15, -0.1) is 0 Å². The third kappa shape index (κ3) is 2.78. The van der Waals surface area contributed by atoms with Gasteiger partial charge in [-0.25, -0.2) is 0 Å². The molecule has 0 aromatic heterocycles. The normalized spacial score (nSPS) is 28.7. The van der Waals surface area contributed by atoms with Crippen molar-refractivity contribution in [2.75, 3.05) is 0 Å². The molecule has 2 aliphatic heterocycles. The van der Waals surface area contributed by atoms with Crippen LogP contribution in [0, 0.1) is 6.92 Å². The maximum atomic E-state index is 12.6. The molecule has 2 nitrogen and oxygen atoms in total. The van der Waals surface area contributed by atoms with Crippen molar-refractivity contribution in [3.8, 4) is 0 Å². The van der Waals surface area contributed by atoms with Gasteiger partial charge in [0.15, 0.2) is 0 Å². The maximum Gasteiger partial charge on any atom is 0.223 e. The largest absolute Gasteiger partial charge is 0.337 e. The van der Waals surface area contributed by atoms with Crippen molar-refractivity contribution in [3.63, 3.8) is 0 Å². The molecule has 0 radical (unpaired) electrons. The Morgan fingerprint density at radius 3 is 2.55 bits per heavy atom. The molecule has 2 aliphatic rings. The first kappa shape index (κ1) is 14.1. The van der Waals surface area contributed by atoms with E-state index in [0.717, 1.165) is 19.3 Å². The average molecular weight is 336 g/mol. The lowest BCUT2D eigenvalue weighted by Crippen LogP contribution is -2.46. The molecule has 2 unspecified atom stereocenters. The Balaban J connectivity index is 1.62. The Kier molecular flexibility index (Phi) is 4.16. The highest BCUT2D eigenvalue weighted by Gasteiger charge is 2.41. The number of amides is 1. The summed E-state index contributed by atoms with van der Waals surface area (Å²) in [6, 6.07) is 9.36. The molecule has 2 saturated heterocycles. The van der Waals surface area contributed by atoms with Crippen LogP contribution in [0.3, 0.4) is 0 Å². The molecular formula is C17H22BrNO. The average Bonchev–Trinajstić information content (AvgIpc) is 2.70.